The molecule has 1 aromatic carbocycles. The van der Waals surface area contributed by atoms with E-state index < -0.39 is 5.38 Å². The zero-order valence-corrected chi connectivity index (χ0v) is 21.5. The number of amides is 2. The molecule has 2 rings (SSSR count). The fourth-order valence-electron chi connectivity index (χ4n) is 3.63. The number of carbonyl (C=O) groups excluding carboxylic acids is 2. The van der Waals surface area contributed by atoms with Gasteiger partial charge in [-0.25, -0.2) is 0 Å². The van der Waals surface area contributed by atoms with Crippen LogP contribution >= 0.6 is 23.2 Å². The predicted molar refractivity (Wildman–Crippen MR) is 134 cm³/mol. The number of rotatable bonds is 13. The lowest BCUT2D eigenvalue weighted by Gasteiger charge is -2.29. The van der Waals surface area contributed by atoms with Gasteiger partial charge >= 0.3 is 0 Å². The van der Waals surface area contributed by atoms with E-state index in [9.17, 15) is 9.59 Å². The molecule has 0 aliphatic carbocycles. The van der Waals surface area contributed by atoms with Crippen molar-refractivity contribution in [3.05, 3.63) is 58.9 Å². The molecule has 0 saturated heterocycles. The zero-order chi connectivity index (χ0) is 24.4. The molecule has 1 atom stereocenters. The minimum absolute atomic E-state index is 0.00243. The molecule has 0 bridgehead atoms. The van der Waals surface area contributed by atoms with Crippen LogP contribution in [-0.2, 0) is 27.4 Å². The summed E-state index contributed by atoms with van der Waals surface area (Å²) in [4.78, 5) is 29.3. The molecule has 0 N–H and O–H groups in total. The molecule has 0 fully saturated rings. The molecule has 0 aliphatic rings. The van der Waals surface area contributed by atoms with Crippen molar-refractivity contribution in [3.63, 3.8) is 0 Å². The van der Waals surface area contributed by atoms with Crippen LogP contribution in [0.5, 0.6) is 0 Å². The summed E-state index contributed by atoms with van der Waals surface area (Å²) in [6, 6.07) is 11.7. The van der Waals surface area contributed by atoms with Gasteiger partial charge in [-0.3, -0.25) is 9.59 Å². The maximum atomic E-state index is 13.3. The van der Waals surface area contributed by atoms with E-state index in [1.807, 2.05) is 47.5 Å². The van der Waals surface area contributed by atoms with Crippen LogP contribution < -0.4 is 0 Å². The quantitative estimate of drug-likeness (QED) is 0.299. The number of alkyl halides is 1. The fourth-order valence-corrected chi connectivity index (χ4v) is 3.96. The average Bonchev–Trinajstić information content (AvgIpc) is 3.19. The van der Waals surface area contributed by atoms with Gasteiger partial charge in [0.05, 0.1) is 13.1 Å². The second kappa shape index (κ2) is 13.6. The molecule has 0 radical (unpaired) electrons. The van der Waals surface area contributed by atoms with Gasteiger partial charge in [-0.05, 0) is 43.0 Å². The number of hydrogen-bond acceptors (Lipinski definition) is 3. The molecule has 1 aromatic heterocycles. The lowest BCUT2D eigenvalue weighted by atomic mass is 10.2. The molecular formula is C25H35Cl2N3O3. The Labute approximate surface area is 207 Å². The number of hydrogen-bond donors (Lipinski definition) is 0. The van der Waals surface area contributed by atoms with Gasteiger partial charge in [0.25, 0.3) is 0 Å². The first kappa shape index (κ1) is 27.2. The number of halogens is 2. The second-order valence-corrected chi connectivity index (χ2v) is 9.67. The minimum Gasteiger partial charge on any atom is -0.385 e. The lowest BCUT2D eigenvalue weighted by Crippen LogP contribution is -2.46. The smallest absolute Gasteiger partial charge is 0.242 e. The molecule has 1 unspecified atom stereocenters. The van der Waals surface area contributed by atoms with Gasteiger partial charge in [-0.2, -0.15) is 0 Å². The molecule has 0 saturated carbocycles. The van der Waals surface area contributed by atoms with Gasteiger partial charge in [0.15, 0.2) is 0 Å². The minimum atomic E-state index is -0.688. The van der Waals surface area contributed by atoms with Crippen molar-refractivity contribution in [2.75, 3.05) is 33.4 Å². The highest BCUT2D eigenvalue weighted by Crippen LogP contribution is 2.18. The molecule has 33 heavy (non-hydrogen) atoms. The Morgan fingerprint density at radius 1 is 1.09 bits per heavy atom. The van der Waals surface area contributed by atoms with E-state index in [0.29, 0.717) is 44.2 Å². The summed E-state index contributed by atoms with van der Waals surface area (Å²) in [5.41, 5.74) is 2.02. The summed E-state index contributed by atoms with van der Waals surface area (Å²) in [5, 5.41) is 0.0272. The molecular weight excluding hydrogens is 461 g/mol. The van der Waals surface area contributed by atoms with E-state index in [2.05, 4.69) is 18.4 Å². The van der Waals surface area contributed by atoms with Gasteiger partial charge in [-0.1, -0.05) is 43.6 Å². The molecule has 2 amide bonds. The Hall–Kier alpha value is -2.02. The predicted octanol–water partition coefficient (Wildman–Crippen LogP) is 4.67. The van der Waals surface area contributed by atoms with Gasteiger partial charge in [0.2, 0.25) is 11.8 Å². The van der Waals surface area contributed by atoms with Gasteiger partial charge in [-0.15, -0.1) is 11.6 Å². The van der Waals surface area contributed by atoms with Crippen molar-refractivity contribution in [2.45, 2.75) is 45.7 Å². The first-order valence-electron chi connectivity index (χ1n) is 11.3. The maximum absolute atomic E-state index is 13.3. The van der Waals surface area contributed by atoms with Gasteiger partial charge < -0.3 is 19.1 Å². The van der Waals surface area contributed by atoms with Crippen LogP contribution in [0.2, 0.25) is 5.02 Å². The molecule has 182 valence electrons. The Morgan fingerprint density at radius 3 is 2.45 bits per heavy atom. The van der Waals surface area contributed by atoms with Crippen LogP contribution in [-0.4, -0.2) is 64.9 Å². The van der Waals surface area contributed by atoms with Crippen molar-refractivity contribution < 1.29 is 14.3 Å². The summed E-state index contributed by atoms with van der Waals surface area (Å²) >= 11 is 12.4. The van der Waals surface area contributed by atoms with Crippen LogP contribution in [0, 0.1) is 5.92 Å². The SMILES string of the molecule is COCCCN(CC(=O)N(Cc1cccn1Cc1ccccc1Cl)CC(C)C)C(=O)C(C)Cl. The summed E-state index contributed by atoms with van der Waals surface area (Å²) in [6.07, 6.45) is 2.64. The molecule has 0 spiro atoms. The average molecular weight is 496 g/mol. The number of ether oxygens (including phenoxy) is 1. The summed E-state index contributed by atoms with van der Waals surface area (Å²) < 4.78 is 7.20. The Balaban J connectivity index is 2.17. The molecule has 8 heteroatoms. The first-order valence-corrected chi connectivity index (χ1v) is 12.1. The van der Waals surface area contributed by atoms with E-state index in [-0.39, 0.29) is 24.3 Å². The van der Waals surface area contributed by atoms with E-state index in [0.717, 1.165) is 11.3 Å². The van der Waals surface area contributed by atoms with Crippen molar-refractivity contribution in [2.24, 2.45) is 5.92 Å². The molecule has 6 nitrogen and oxygen atoms in total. The van der Waals surface area contributed by atoms with Crippen LogP contribution in [0.4, 0.5) is 0 Å². The second-order valence-electron chi connectivity index (χ2n) is 8.61. The number of aromatic nitrogens is 1. The standard InChI is InChI=1S/C25H35Cl2N3O3/c1-19(2)15-30(24(31)18-29(13-8-14-33-4)25(32)20(3)26)17-22-10-7-12-28(22)16-21-9-5-6-11-23(21)27/h5-7,9-12,19-20H,8,13-18H2,1-4H3. The monoisotopic (exact) mass is 495 g/mol. The molecule has 1 heterocycles. The van der Waals surface area contributed by atoms with E-state index >= 15 is 0 Å². The maximum Gasteiger partial charge on any atom is 0.242 e. The summed E-state index contributed by atoms with van der Waals surface area (Å²) in [6.45, 7) is 8.38. The lowest BCUT2D eigenvalue weighted by molar-refractivity contribution is -0.141. The van der Waals surface area contributed by atoms with Crippen LogP contribution in [0.25, 0.3) is 0 Å². The highest BCUT2D eigenvalue weighted by Gasteiger charge is 2.25. The Bertz CT molecular complexity index is 899. The highest BCUT2D eigenvalue weighted by molar-refractivity contribution is 6.31. The number of carbonyl (C=O) groups is 2. The van der Waals surface area contributed by atoms with E-state index in [1.54, 1.807) is 14.0 Å². The third-order valence-electron chi connectivity index (χ3n) is 5.27. The normalized spacial score (nSPS) is 12.1. The number of benzene rings is 1. The molecule has 2 aromatic rings. The van der Waals surface area contributed by atoms with E-state index in [1.165, 1.54) is 4.90 Å². The number of nitrogens with zero attached hydrogens (tertiary/aromatic N) is 3. The summed E-state index contributed by atoms with van der Waals surface area (Å²) in [5.74, 6) is -0.0597. The van der Waals surface area contributed by atoms with Crippen molar-refractivity contribution in [1.29, 1.82) is 0 Å². The fraction of sp³-hybridized carbons (Fsp3) is 0.520. The largest absolute Gasteiger partial charge is 0.385 e. The first-order chi connectivity index (χ1) is 15.7. The summed E-state index contributed by atoms with van der Waals surface area (Å²) in [7, 11) is 1.61. The van der Waals surface area contributed by atoms with Gasteiger partial charge in [0.1, 0.15) is 5.38 Å². The third-order valence-corrected chi connectivity index (χ3v) is 5.82. The van der Waals surface area contributed by atoms with Gasteiger partial charge in [0, 0.05) is 50.3 Å². The van der Waals surface area contributed by atoms with Crippen LogP contribution in [0.15, 0.2) is 42.6 Å². The Morgan fingerprint density at radius 2 is 1.82 bits per heavy atom. The van der Waals surface area contributed by atoms with E-state index in [4.69, 9.17) is 27.9 Å². The Kier molecular flexibility index (Phi) is 11.2. The third kappa shape index (κ3) is 8.69. The number of methoxy groups -OCH3 is 1. The highest BCUT2D eigenvalue weighted by atomic mass is 35.5. The molecule has 0 aliphatic heterocycles. The van der Waals surface area contributed by atoms with Crippen LogP contribution in [0.1, 0.15) is 38.4 Å². The topological polar surface area (TPSA) is 54.8 Å². The van der Waals surface area contributed by atoms with Crippen LogP contribution in [0.3, 0.4) is 0 Å². The van der Waals surface area contributed by atoms with Crippen molar-refractivity contribution in [1.82, 2.24) is 14.4 Å². The van der Waals surface area contributed by atoms with Crippen molar-refractivity contribution in [3.8, 4) is 0 Å². The zero-order valence-electron chi connectivity index (χ0n) is 20.0. The van der Waals surface area contributed by atoms with Crippen molar-refractivity contribution >= 4 is 35.0 Å².